The van der Waals surface area contributed by atoms with E-state index in [1.54, 1.807) is 13.0 Å². The van der Waals surface area contributed by atoms with Crippen LogP contribution in [-0.4, -0.2) is 10.8 Å². The van der Waals surface area contributed by atoms with Crippen molar-refractivity contribution in [1.82, 2.24) is 4.98 Å². The quantitative estimate of drug-likeness (QED) is 0.680. The highest BCUT2D eigenvalue weighted by Gasteiger charge is 2.21. The summed E-state index contributed by atoms with van der Waals surface area (Å²) in [5.41, 5.74) is 6.47. The van der Waals surface area contributed by atoms with Crippen molar-refractivity contribution < 1.29 is 13.6 Å². The fourth-order valence-corrected chi connectivity index (χ4v) is 2.21. The molecular weight excluding hydrogens is 318 g/mol. The van der Waals surface area contributed by atoms with Crippen LogP contribution in [0.1, 0.15) is 21.5 Å². The summed E-state index contributed by atoms with van der Waals surface area (Å²) in [7, 11) is 0. The van der Waals surface area contributed by atoms with E-state index in [2.05, 4.69) is 20.9 Å². The highest BCUT2D eigenvalue weighted by Crippen LogP contribution is 2.27. The molecule has 0 spiro atoms. The lowest BCUT2D eigenvalue weighted by Gasteiger charge is -2.09. The molecule has 0 bridgehead atoms. The van der Waals surface area contributed by atoms with Gasteiger partial charge in [-0.3, -0.25) is 4.79 Å². The Morgan fingerprint density at radius 2 is 2.00 bits per heavy atom. The number of hydrogen-bond donors (Lipinski definition) is 1. The molecule has 3 nitrogen and oxygen atoms in total. The molecule has 1 aromatic carbocycles. The lowest BCUT2D eigenvalue weighted by molar-refractivity contribution is 0.103. The van der Waals surface area contributed by atoms with Gasteiger partial charge in [-0.05, 0) is 46.6 Å². The number of halogens is 3. The van der Waals surface area contributed by atoms with Crippen LogP contribution < -0.4 is 5.73 Å². The number of benzene rings is 1. The van der Waals surface area contributed by atoms with E-state index in [4.69, 9.17) is 5.73 Å². The van der Waals surface area contributed by atoms with Crippen molar-refractivity contribution in [3.8, 4) is 0 Å². The van der Waals surface area contributed by atoms with Crippen molar-refractivity contribution in [3.63, 3.8) is 0 Å². The molecule has 2 aromatic rings. The molecule has 0 fully saturated rings. The average Bonchev–Trinajstić information content (AvgIpc) is 2.35. The third-order valence-corrected chi connectivity index (χ3v) is 3.47. The first-order valence-electron chi connectivity index (χ1n) is 5.32. The first kappa shape index (κ1) is 13.6. The zero-order valence-electron chi connectivity index (χ0n) is 9.88. The second-order valence-electron chi connectivity index (χ2n) is 3.94. The Bertz CT molecular complexity index is 654. The third-order valence-electron chi connectivity index (χ3n) is 2.70. The number of nitrogens with two attached hydrogens (primary N) is 1. The fourth-order valence-electron chi connectivity index (χ4n) is 1.71. The van der Waals surface area contributed by atoms with Crippen molar-refractivity contribution in [1.29, 1.82) is 0 Å². The van der Waals surface area contributed by atoms with Gasteiger partial charge in [0.15, 0.2) is 17.4 Å². The van der Waals surface area contributed by atoms with Gasteiger partial charge in [-0.2, -0.15) is 0 Å². The number of pyridine rings is 1. The molecule has 1 aromatic heterocycles. The fraction of sp³-hybridized carbons (Fsp3) is 0.0769. The van der Waals surface area contributed by atoms with Crippen molar-refractivity contribution in [3.05, 3.63) is 57.2 Å². The summed E-state index contributed by atoms with van der Waals surface area (Å²) in [4.78, 5) is 16.2. The van der Waals surface area contributed by atoms with Crippen LogP contribution in [0.15, 0.2) is 28.9 Å². The van der Waals surface area contributed by atoms with E-state index in [1.807, 2.05) is 0 Å². The molecule has 0 aliphatic carbocycles. The van der Waals surface area contributed by atoms with Crippen molar-refractivity contribution in [2.75, 3.05) is 5.73 Å². The summed E-state index contributed by atoms with van der Waals surface area (Å²) < 4.78 is 26.3. The molecule has 2 N–H and O–H groups in total. The van der Waals surface area contributed by atoms with Crippen LogP contribution in [-0.2, 0) is 0 Å². The molecule has 1 heterocycles. The highest BCUT2D eigenvalue weighted by molar-refractivity contribution is 9.10. The molecular formula is C13H9BrF2N2O. The van der Waals surface area contributed by atoms with E-state index < -0.39 is 17.4 Å². The van der Waals surface area contributed by atoms with Gasteiger partial charge < -0.3 is 5.73 Å². The average molecular weight is 327 g/mol. The van der Waals surface area contributed by atoms with Crippen LogP contribution in [0.2, 0.25) is 0 Å². The Balaban J connectivity index is 2.60. The molecule has 19 heavy (non-hydrogen) atoms. The minimum Gasteiger partial charge on any atom is -0.383 e. The molecule has 0 saturated heterocycles. The van der Waals surface area contributed by atoms with Crippen molar-refractivity contribution >= 4 is 27.5 Å². The molecule has 0 amide bonds. The SMILES string of the molecule is Cc1ccnc(N)c1C(=O)c1ccc(F)c(F)c1Br. The molecule has 0 atom stereocenters. The summed E-state index contributed by atoms with van der Waals surface area (Å²) in [5.74, 6) is -2.58. The number of hydrogen-bond acceptors (Lipinski definition) is 3. The Morgan fingerprint density at radius 3 is 2.63 bits per heavy atom. The summed E-state index contributed by atoms with van der Waals surface area (Å²) >= 11 is 2.88. The van der Waals surface area contributed by atoms with E-state index >= 15 is 0 Å². The van der Waals surface area contributed by atoms with Gasteiger partial charge in [0.2, 0.25) is 0 Å². The number of aryl methyl sites for hydroxylation is 1. The van der Waals surface area contributed by atoms with E-state index in [0.29, 0.717) is 5.56 Å². The summed E-state index contributed by atoms with van der Waals surface area (Å²) in [6, 6.07) is 3.73. The lowest BCUT2D eigenvalue weighted by Crippen LogP contribution is -2.10. The number of rotatable bonds is 2. The van der Waals surface area contributed by atoms with Crippen LogP contribution in [0.5, 0.6) is 0 Å². The van der Waals surface area contributed by atoms with Gasteiger partial charge in [-0.1, -0.05) is 0 Å². The number of nitrogen functional groups attached to an aromatic ring is 1. The Kier molecular flexibility index (Phi) is 3.61. The number of nitrogens with zero attached hydrogens (tertiary/aromatic N) is 1. The largest absolute Gasteiger partial charge is 0.383 e. The van der Waals surface area contributed by atoms with Gasteiger partial charge in [0.25, 0.3) is 0 Å². The van der Waals surface area contributed by atoms with E-state index in [-0.39, 0.29) is 21.4 Å². The maximum Gasteiger partial charge on any atom is 0.198 e. The number of anilines is 1. The van der Waals surface area contributed by atoms with Gasteiger partial charge in [0.05, 0.1) is 10.0 Å². The molecule has 0 unspecified atom stereocenters. The van der Waals surface area contributed by atoms with Crippen LogP contribution in [0.4, 0.5) is 14.6 Å². The summed E-state index contributed by atoms with van der Waals surface area (Å²) in [5, 5.41) is 0. The first-order valence-corrected chi connectivity index (χ1v) is 6.12. The van der Waals surface area contributed by atoms with E-state index in [9.17, 15) is 13.6 Å². The van der Waals surface area contributed by atoms with Crippen LogP contribution in [0.3, 0.4) is 0 Å². The standard InChI is InChI=1S/C13H9BrF2N2O/c1-6-4-5-18-13(17)9(6)12(19)7-2-3-8(15)11(16)10(7)14/h2-5H,1H3,(H2,17,18). The maximum absolute atomic E-state index is 13.4. The minimum atomic E-state index is -1.11. The number of carbonyl (C=O) groups excluding carboxylic acids is 1. The Labute approximate surface area is 116 Å². The number of aromatic nitrogens is 1. The van der Waals surface area contributed by atoms with Crippen LogP contribution in [0, 0.1) is 18.6 Å². The Morgan fingerprint density at radius 1 is 1.32 bits per heavy atom. The second-order valence-corrected chi connectivity index (χ2v) is 4.73. The molecule has 0 radical (unpaired) electrons. The van der Waals surface area contributed by atoms with Crippen molar-refractivity contribution in [2.45, 2.75) is 6.92 Å². The highest BCUT2D eigenvalue weighted by atomic mass is 79.9. The monoisotopic (exact) mass is 326 g/mol. The van der Waals surface area contributed by atoms with E-state index in [1.165, 1.54) is 12.3 Å². The maximum atomic E-state index is 13.4. The normalized spacial score (nSPS) is 10.5. The Hall–Kier alpha value is -1.82. The van der Waals surface area contributed by atoms with Gasteiger partial charge in [-0.15, -0.1) is 0 Å². The third kappa shape index (κ3) is 2.35. The van der Waals surface area contributed by atoms with E-state index in [0.717, 1.165) is 6.07 Å². The zero-order chi connectivity index (χ0) is 14.2. The molecule has 0 aliphatic heterocycles. The molecule has 0 saturated carbocycles. The van der Waals surface area contributed by atoms with Gasteiger partial charge in [-0.25, -0.2) is 13.8 Å². The smallest absolute Gasteiger partial charge is 0.198 e. The second kappa shape index (κ2) is 5.05. The van der Waals surface area contributed by atoms with Crippen molar-refractivity contribution in [2.24, 2.45) is 0 Å². The molecule has 2 rings (SSSR count). The molecule has 6 heteroatoms. The number of ketones is 1. The zero-order valence-corrected chi connectivity index (χ0v) is 11.5. The summed E-state index contributed by atoms with van der Waals surface area (Å²) in [6.07, 6.45) is 1.47. The topological polar surface area (TPSA) is 56.0 Å². The lowest BCUT2D eigenvalue weighted by atomic mass is 10.00. The number of carbonyl (C=O) groups is 1. The van der Waals surface area contributed by atoms with Gasteiger partial charge in [0, 0.05) is 11.8 Å². The van der Waals surface area contributed by atoms with Crippen LogP contribution in [0.25, 0.3) is 0 Å². The predicted octanol–water partition coefficient (Wildman–Crippen LogP) is 3.24. The van der Waals surface area contributed by atoms with Gasteiger partial charge in [0.1, 0.15) is 5.82 Å². The first-order chi connectivity index (χ1) is 8.93. The van der Waals surface area contributed by atoms with Crippen LogP contribution >= 0.6 is 15.9 Å². The predicted molar refractivity (Wildman–Crippen MR) is 70.9 cm³/mol. The molecule has 98 valence electrons. The van der Waals surface area contributed by atoms with Gasteiger partial charge >= 0.3 is 0 Å². The minimum absolute atomic E-state index is 0.00157. The molecule has 0 aliphatic rings. The summed E-state index contributed by atoms with van der Waals surface area (Å²) in [6.45, 7) is 1.69.